The van der Waals surface area contributed by atoms with Crippen molar-refractivity contribution in [3.8, 4) is 0 Å². The van der Waals surface area contributed by atoms with Gasteiger partial charge >= 0.3 is 0 Å². The molecule has 0 aliphatic heterocycles. The number of aryl methyl sites for hydroxylation is 1. The minimum absolute atomic E-state index is 0.0221. The van der Waals surface area contributed by atoms with E-state index >= 15 is 0 Å². The molecule has 0 spiro atoms. The Labute approximate surface area is 96.9 Å². The van der Waals surface area contributed by atoms with Crippen molar-refractivity contribution in [1.29, 1.82) is 0 Å². The molecule has 0 radical (unpaired) electrons. The number of thiocarbonyl (C=S) groups is 1. The molecule has 74 valence electrons. The maximum absolute atomic E-state index is 12.0. The summed E-state index contributed by atoms with van der Waals surface area (Å²) >= 11 is 8.28. The van der Waals surface area contributed by atoms with Crippen molar-refractivity contribution in [3.63, 3.8) is 0 Å². The molecule has 1 heterocycles. The molecule has 1 aromatic heterocycles. The van der Waals surface area contributed by atoms with E-state index in [4.69, 9.17) is 12.2 Å². The first-order chi connectivity index (χ1) is 6.74. The summed E-state index contributed by atoms with van der Waals surface area (Å²) in [5.74, 6) is 0.215. The van der Waals surface area contributed by atoms with Gasteiger partial charge in [-0.25, -0.2) is 0 Å². The molecule has 0 saturated heterocycles. The van der Waals surface area contributed by atoms with Crippen molar-refractivity contribution < 1.29 is 4.79 Å². The van der Waals surface area contributed by atoms with E-state index in [0.717, 1.165) is 21.9 Å². The van der Waals surface area contributed by atoms with Gasteiger partial charge in [-0.05, 0) is 36.1 Å². The van der Waals surface area contributed by atoms with Crippen LogP contribution in [-0.2, 0) is 6.42 Å². The SMILES string of the molecule is CSC(=S)C1CCc2ccsc2C1=O. The average Bonchev–Trinajstić information content (AvgIpc) is 2.66. The lowest BCUT2D eigenvalue weighted by Crippen LogP contribution is -2.25. The van der Waals surface area contributed by atoms with Crippen molar-refractivity contribution in [2.24, 2.45) is 5.92 Å². The van der Waals surface area contributed by atoms with Crippen molar-refractivity contribution in [1.82, 2.24) is 0 Å². The molecule has 1 atom stereocenters. The van der Waals surface area contributed by atoms with Crippen LogP contribution in [0.1, 0.15) is 21.7 Å². The van der Waals surface area contributed by atoms with Crippen LogP contribution < -0.4 is 0 Å². The Bertz CT molecular complexity index is 380. The van der Waals surface area contributed by atoms with Gasteiger partial charge in [0.1, 0.15) is 0 Å². The number of carbonyl (C=O) groups excluding carboxylic acids is 1. The van der Waals surface area contributed by atoms with Crippen LogP contribution in [-0.4, -0.2) is 16.2 Å². The molecule has 0 amide bonds. The van der Waals surface area contributed by atoms with Gasteiger partial charge in [0.25, 0.3) is 0 Å². The summed E-state index contributed by atoms with van der Waals surface area (Å²) in [5, 5.41) is 1.99. The normalized spacial score (nSPS) is 20.6. The Balaban J connectivity index is 2.30. The van der Waals surface area contributed by atoms with Crippen LogP contribution in [0.5, 0.6) is 0 Å². The Kier molecular flexibility index (Phi) is 3.04. The summed E-state index contributed by atoms with van der Waals surface area (Å²) in [5.41, 5.74) is 1.21. The predicted molar refractivity (Wildman–Crippen MR) is 66.6 cm³/mol. The Morgan fingerprint density at radius 2 is 2.50 bits per heavy atom. The minimum atomic E-state index is -0.0221. The summed E-state index contributed by atoms with van der Waals surface area (Å²) in [6, 6.07) is 2.05. The molecule has 1 aromatic rings. The highest BCUT2D eigenvalue weighted by Gasteiger charge is 2.30. The maximum atomic E-state index is 12.0. The van der Waals surface area contributed by atoms with Crippen molar-refractivity contribution >= 4 is 45.3 Å². The Hall–Kier alpha value is -0.190. The summed E-state index contributed by atoms with van der Waals surface area (Å²) in [7, 11) is 0. The van der Waals surface area contributed by atoms with Gasteiger partial charge in [-0.3, -0.25) is 4.79 Å². The molecule has 1 nitrogen and oxygen atoms in total. The fraction of sp³-hybridized carbons (Fsp3) is 0.400. The maximum Gasteiger partial charge on any atom is 0.181 e. The lowest BCUT2D eigenvalue weighted by Gasteiger charge is -2.20. The number of hydrogen-bond acceptors (Lipinski definition) is 4. The molecular weight excluding hydrogens is 232 g/mol. The molecule has 1 aliphatic rings. The third-order valence-electron chi connectivity index (χ3n) is 2.48. The molecule has 14 heavy (non-hydrogen) atoms. The van der Waals surface area contributed by atoms with Crippen LogP contribution in [0.25, 0.3) is 0 Å². The summed E-state index contributed by atoms with van der Waals surface area (Å²) in [4.78, 5) is 12.9. The predicted octanol–water partition coefficient (Wildman–Crippen LogP) is 3.18. The first-order valence-corrected chi connectivity index (χ1v) is 6.93. The first kappa shape index (κ1) is 10.3. The number of thiophene rings is 1. The molecular formula is C10H10OS3. The average molecular weight is 242 g/mol. The van der Waals surface area contributed by atoms with Gasteiger partial charge in [0.2, 0.25) is 0 Å². The number of hydrogen-bond donors (Lipinski definition) is 0. The van der Waals surface area contributed by atoms with Crippen LogP contribution in [0, 0.1) is 5.92 Å². The number of ketones is 1. The molecule has 1 unspecified atom stereocenters. The third-order valence-corrected chi connectivity index (χ3v) is 4.92. The lowest BCUT2D eigenvalue weighted by atomic mass is 9.89. The van der Waals surface area contributed by atoms with Crippen LogP contribution in [0.15, 0.2) is 11.4 Å². The Morgan fingerprint density at radius 1 is 1.71 bits per heavy atom. The highest BCUT2D eigenvalue weighted by molar-refractivity contribution is 8.22. The molecule has 0 saturated carbocycles. The molecule has 0 N–H and O–H groups in total. The lowest BCUT2D eigenvalue weighted by molar-refractivity contribution is 0.0948. The Morgan fingerprint density at radius 3 is 3.21 bits per heavy atom. The van der Waals surface area contributed by atoms with Gasteiger partial charge < -0.3 is 0 Å². The smallest absolute Gasteiger partial charge is 0.181 e. The van der Waals surface area contributed by atoms with Gasteiger partial charge in [-0.15, -0.1) is 23.1 Å². The van der Waals surface area contributed by atoms with Gasteiger partial charge in [0, 0.05) is 0 Å². The monoisotopic (exact) mass is 242 g/mol. The number of thioether (sulfide) groups is 1. The zero-order valence-electron chi connectivity index (χ0n) is 7.78. The highest BCUT2D eigenvalue weighted by Crippen LogP contribution is 2.32. The van der Waals surface area contributed by atoms with E-state index in [9.17, 15) is 4.79 Å². The fourth-order valence-corrected chi connectivity index (χ4v) is 3.39. The molecule has 0 aromatic carbocycles. The van der Waals surface area contributed by atoms with Crippen LogP contribution >= 0.6 is 35.3 Å². The van der Waals surface area contributed by atoms with E-state index < -0.39 is 0 Å². The van der Waals surface area contributed by atoms with Crippen LogP contribution in [0.4, 0.5) is 0 Å². The number of Topliss-reactive ketones (excluding diaryl/α,β-unsaturated/α-hetero) is 1. The molecule has 2 rings (SSSR count). The molecule has 1 aliphatic carbocycles. The van der Waals surface area contributed by atoms with Crippen molar-refractivity contribution in [2.75, 3.05) is 6.26 Å². The largest absolute Gasteiger partial charge is 0.293 e. The van der Waals surface area contributed by atoms with Gasteiger partial charge in [0.05, 0.1) is 15.0 Å². The molecule has 0 fully saturated rings. The van der Waals surface area contributed by atoms with E-state index in [-0.39, 0.29) is 11.7 Å². The number of carbonyl (C=O) groups is 1. The second-order valence-corrected chi connectivity index (χ2v) is 5.72. The van der Waals surface area contributed by atoms with Crippen molar-refractivity contribution in [3.05, 3.63) is 21.9 Å². The standard InChI is InChI=1S/C10H10OS3/c1-13-10(12)7-3-2-6-4-5-14-9(6)8(7)11/h4-5,7H,2-3H2,1H3. The van der Waals surface area contributed by atoms with Gasteiger partial charge in [0.15, 0.2) is 5.78 Å². The molecule has 0 bridgehead atoms. The zero-order valence-corrected chi connectivity index (χ0v) is 10.2. The van der Waals surface area contributed by atoms with E-state index in [1.165, 1.54) is 17.3 Å². The summed E-state index contributed by atoms with van der Waals surface area (Å²) in [6.07, 6.45) is 3.83. The van der Waals surface area contributed by atoms with Crippen LogP contribution in [0.3, 0.4) is 0 Å². The van der Waals surface area contributed by atoms with E-state index in [1.54, 1.807) is 11.3 Å². The first-order valence-electron chi connectivity index (χ1n) is 4.42. The quantitative estimate of drug-likeness (QED) is 0.704. The number of rotatable bonds is 1. The number of fused-ring (bicyclic) bond motifs is 1. The van der Waals surface area contributed by atoms with Crippen LogP contribution in [0.2, 0.25) is 0 Å². The third kappa shape index (κ3) is 1.66. The molecule has 4 heteroatoms. The second kappa shape index (κ2) is 4.13. The van der Waals surface area contributed by atoms with E-state index in [2.05, 4.69) is 6.07 Å². The van der Waals surface area contributed by atoms with Crippen molar-refractivity contribution in [2.45, 2.75) is 12.8 Å². The summed E-state index contributed by atoms with van der Waals surface area (Å²) < 4.78 is 0.842. The topological polar surface area (TPSA) is 17.1 Å². The van der Waals surface area contributed by atoms with E-state index in [0.29, 0.717) is 0 Å². The van der Waals surface area contributed by atoms with Gasteiger partial charge in [-0.2, -0.15) is 0 Å². The van der Waals surface area contributed by atoms with E-state index in [1.807, 2.05) is 11.6 Å². The highest BCUT2D eigenvalue weighted by atomic mass is 32.2. The summed E-state index contributed by atoms with van der Waals surface area (Å²) in [6.45, 7) is 0. The second-order valence-electron chi connectivity index (χ2n) is 3.25. The zero-order chi connectivity index (χ0) is 10.1. The minimum Gasteiger partial charge on any atom is -0.293 e. The van der Waals surface area contributed by atoms with Gasteiger partial charge in [-0.1, -0.05) is 12.2 Å². The fourth-order valence-electron chi connectivity index (χ4n) is 1.71.